The maximum absolute atomic E-state index is 12.2. The van der Waals surface area contributed by atoms with Crippen LogP contribution in [0, 0.1) is 6.92 Å². The highest BCUT2D eigenvalue weighted by molar-refractivity contribution is 5.99. The number of nitrogens with one attached hydrogen (secondary N) is 1. The molecule has 0 amide bonds. The fourth-order valence-electron chi connectivity index (χ4n) is 2.22. The summed E-state index contributed by atoms with van der Waals surface area (Å²) in [5, 5.41) is 3.32. The van der Waals surface area contributed by atoms with Gasteiger partial charge in [-0.2, -0.15) is 0 Å². The van der Waals surface area contributed by atoms with E-state index in [-0.39, 0.29) is 11.8 Å². The van der Waals surface area contributed by atoms with Crippen LogP contribution < -0.4 is 5.32 Å². The van der Waals surface area contributed by atoms with Crippen LogP contribution in [-0.4, -0.2) is 42.9 Å². The van der Waals surface area contributed by atoms with E-state index in [2.05, 4.69) is 24.1 Å². The first kappa shape index (κ1) is 16.9. The Labute approximate surface area is 123 Å². The van der Waals surface area contributed by atoms with Gasteiger partial charge in [-0.25, -0.2) is 0 Å². The lowest BCUT2D eigenvalue weighted by atomic mass is 10.0. The van der Waals surface area contributed by atoms with Gasteiger partial charge in [0, 0.05) is 5.56 Å². The van der Waals surface area contributed by atoms with Crippen molar-refractivity contribution in [1.82, 2.24) is 10.2 Å². The second kappa shape index (κ2) is 8.88. The van der Waals surface area contributed by atoms with Gasteiger partial charge in [-0.1, -0.05) is 43.7 Å². The van der Waals surface area contributed by atoms with Gasteiger partial charge in [0.05, 0.1) is 6.04 Å². The van der Waals surface area contributed by atoms with Gasteiger partial charge in [0.25, 0.3) is 0 Å². The number of aryl methyl sites for hydroxylation is 1. The molecule has 0 fully saturated rings. The van der Waals surface area contributed by atoms with E-state index < -0.39 is 0 Å². The van der Waals surface area contributed by atoms with E-state index in [4.69, 9.17) is 0 Å². The average Bonchev–Trinajstić information content (AvgIpc) is 2.47. The number of ketones is 1. The molecule has 3 heteroatoms. The van der Waals surface area contributed by atoms with E-state index in [1.54, 1.807) is 0 Å². The molecule has 3 nitrogen and oxygen atoms in total. The number of carbonyl (C=O) groups is 1. The predicted octanol–water partition coefficient (Wildman–Crippen LogP) is 2.89. The van der Waals surface area contributed by atoms with Gasteiger partial charge >= 0.3 is 0 Å². The Morgan fingerprint density at radius 2 is 1.80 bits per heavy atom. The first-order valence-electron chi connectivity index (χ1n) is 7.65. The molecule has 0 radical (unpaired) electrons. The lowest BCUT2D eigenvalue weighted by Gasteiger charge is -2.19. The number of rotatable bonds is 9. The summed E-state index contributed by atoms with van der Waals surface area (Å²) >= 11 is 0. The molecule has 1 aromatic carbocycles. The van der Waals surface area contributed by atoms with Gasteiger partial charge < -0.3 is 10.2 Å². The third-order valence-electron chi connectivity index (χ3n) is 3.73. The summed E-state index contributed by atoms with van der Waals surface area (Å²) < 4.78 is 0. The van der Waals surface area contributed by atoms with Gasteiger partial charge in [-0.15, -0.1) is 0 Å². The van der Waals surface area contributed by atoms with Crippen LogP contribution in [0.5, 0.6) is 0 Å². The van der Waals surface area contributed by atoms with Crippen LogP contribution >= 0.6 is 0 Å². The molecule has 0 aliphatic rings. The molecule has 112 valence electrons. The first-order valence-corrected chi connectivity index (χ1v) is 7.65. The van der Waals surface area contributed by atoms with Crippen LogP contribution in [0.4, 0.5) is 0 Å². The molecule has 1 atom stereocenters. The fourth-order valence-corrected chi connectivity index (χ4v) is 2.22. The number of carbonyl (C=O) groups excluding carboxylic acids is 1. The van der Waals surface area contributed by atoms with Gasteiger partial charge in [-0.05, 0) is 46.4 Å². The maximum atomic E-state index is 12.2. The molecule has 0 aromatic heterocycles. The van der Waals surface area contributed by atoms with Crippen LogP contribution in [0.15, 0.2) is 24.3 Å². The molecule has 1 unspecified atom stereocenters. The summed E-state index contributed by atoms with van der Waals surface area (Å²) in [5.41, 5.74) is 1.97. The molecule has 0 bridgehead atoms. The van der Waals surface area contributed by atoms with E-state index >= 15 is 0 Å². The van der Waals surface area contributed by atoms with E-state index in [9.17, 15) is 4.79 Å². The first-order chi connectivity index (χ1) is 9.58. The highest BCUT2D eigenvalue weighted by Gasteiger charge is 2.13. The second-order valence-electron chi connectivity index (χ2n) is 5.29. The SMILES string of the molecule is CCN(CC)CCCNC(C)C(=O)c1ccc(C)cc1. The van der Waals surface area contributed by atoms with Gasteiger partial charge in [0.2, 0.25) is 0 Å². The van der Waals surface area contributed by atoms with Crippen molar-refractivity contribution in [3.8, 4) is 0 Å². The van der Waals surface area contributed by atoms with Crippen LogP contribution in [-0.2, 0) is 0 Å². The zero-order valence-corrected chi connectivity index (χ0v) is 13.3. The van der Waals surface area contributed by atoms with E-state index in [1.807, 2.05) is 38.1 Å². The quantitative estimate of drug-likeness (QED) is 0.556. The van der Waals surface area contributed by atoms with Crippen molar-refractivity contribution in [3.63, 3.8) is 0 Å². The Hall–Kier alpha value is -1.19. The smallest absolute Gasteiger partial charge is 0.179 e. The molecule has 20 heavy (non-hydrogen) atoms. The summed E-state index contributed by atoms with van der Waals surface area (Å²) in [7, 11) is 0. The van der Waals surface area contributed by atoms with Crippen molar-refractivity contribution in [3.05, 3.63) is 35.4 Å². The minimum atomic E-state index is -0.116. The average molecular weight is 276 g/mol. The summed E-state index contributed by atoms with van der Waals surface area (Å²) in [4.78, 5) is 14.6. The molecular weight excluding hydrogens is 248 g/mol. The number of Topliss-reactive ketones (excluding diaryl/α,β-unsaturated/α-hetero) is 1. The molecule has 0 saturated carbocycles. The van der Waals surface area contributed by atoms with Gasteiger partial charge in [-0.3, -0.25) is 4.79 Å². The molecule has 0 saturated heterocycles. The number of hydrogen-bond acceptors (Lipinski definition) is 3. The Balaban J connectivity index is 2.33. The minimum absolute atomic E-state index is 0.116. The van der Waals surface area contributed by atoms with E-state index in [1.165, 1.54) is 5.56 Å². The highest BCUT2D eigenvalue weighted by Crippen LogP contribution is 2.06. The van der Waals surface area contributed by atoms with Gasteiger partial charge in [0.1, 0.15) is 0 Å². The monoisotopic (exact) mass is 276 g/mol. The van der Waals surface area contributed by atoms with Crippen molar-refractivity contribution in [2.45, 2.75) is 40.2 Å². The molecule has 0 aliphatic heterocycles. The van der Waals surface area contributed by atoms with Crippen molar-refractivity contribution in [1.29, 1.82) is 0 Å². The summed E-state index contributed by atoms with van der Waals surface area (Å²) in [6.45, 7) is 12.5. The van der Waals surface area contributed by atoms with Crippen molar-refractivity contribution < 1.29 is 4.79 Å². The fraction of sp³-hybridized carbons (Fsp3) is 0.588. The lowest BCUT2D eigenvalue weighted by Crippen LogP contribution is -2.36. The molecule has 1 N–H and O–H groups in total. The van der Waals surface area contributed by atoms with Crippen molar-refractivity contribution in [2.24, 2.45) is 0 Å². The minimum Gasteiger partial charge on any atom is -0.307 e. The van der Waals surface area contributed by atoms with Crippen LogP contribution in [0.3, 0.4) is 0 Å². The third-order valence-corrected chi connectivity index (χ3v) is 3.73. The zero-order valence-electron chi connectivity index (χ0n) is 13.3. The molecule has 0 spiro atoms. The Kier molecular flexibility index (Phi) is 7.48. The molecule has 1 rings (SSSR count). The maximum Gasteiger partial charge on any atom is 0.179 e. The summed E-state index contributed by atoms with van der Waals surface area (Å²) in [5.74, 6) is 0.174. The van der Waals surface area contributed by atoms with Crippen molar-refractivity contribution in [2.75, 3.05) is 26.2 Å². The Bertz CT molecular complexity index is 396. The molecular formula is C17H28N2O. The largest absolute Gasteiger partial charge is 0.307 e. The van der Waals surface area contributed by atoms with Crippen LogP contribution in [0.1, 0.15) is 43.1 Å². The lowest BCUT2D eigenvalue weighted by molar-refractivity contribution is 0.0950. The van der Waals surface area contributed by atoms with E-state index in [0.717, 1.165) is 38.2 Å². The summed E-state index contributed by atoms with van der Waals surface area (Å²) in [6, 6.07) is 7.67. The topological polar surface area (TPSA) is 32.3 Å². The standard InChI is InChI=1S/C17H28N2O/c1-5-19(6-2)13-7-12-18-15(4)17(20)16-10-8-14(3)9-11-16/h8-11,15,18H,5-7,12-13H2,1-4H3. The number of hydrogen-bond donors (Lipinski definition) is 1. The van der Waals surface area contributed by atoms with E-state index in [0.29, 0.717) is 0 Å². The number of nitrogens with zero attached hydrogens (tertiary/aromatic N) is 1. The zero-order chi connectivity index (χ0) is 15.0. The number of benzene rings is 1. The molecule has 1 aromatic rings. The normalized spacial score (nSPS) is 12.7. The van der Waals surface area contributed by atoms with Crippen molar-refractivity contribution >= 4 is 5.78 Å². The highest BCUT2D eigenvalue weighted by atomic mass is 16.1. The van der Waals surface area contributed by atoms with Crippen LogP contribution in [0.2, 0.25) is 0 Å². The molecule has 0 aliphatic carbocycles. The second-order valence-corrected chi connectivity index (χ2v) is 5.29. The third kappa shape index (κ3) is 5.43. The molecule has 0 heterocycles. The Morgan fingerprint density at radius 3 is 2.35 bits per heavy atom. The Morgan fingerprint density at radius 1 is 1.20 bits per heavy atom. The predicted molar refractivity (Wildman–Crippen MR) is 85.4 cm³/mol. The summed E-state index contributed by atoms with van der Waals surface area (Å²) in [6.07, 6.45) is 1.08. The van der Waals surface area contributed by atoms with Gasteiger partial charge in [0.15, 0.2) is 5.78 Å². The van der Waals surface area contributed by atoms with Crippen LogP contribution in [0.25, 0.3) is 0 Å².